The van der Waals surface area contributed by atoms with E-state index in [0.717, 1.165) is 38.3 Å². The summed E-state index contributed by atoms with van der Waals surface area (Å²) in [4.78, 5) is 18.1. The van der Waals surface area contributed by atoms with Crippen LogP contribution >= 0.6 is 0 Å². The Morgan fingerprint density at radius 2 is 2.00 bits per heavy atom. The first-order chi connectivity index (χ1) is 14.7. The van der Waals surface area contributed by atoms with Gasteiger partial charge in [0.05, 0.1) is 43.7 Å². The molecule has 1 aromatic heterocycles. The molecule has 1 aliphatic heterocycles. The Balaban J connectivity index is 1.82. The number of amides is 1. The topological polar surface area (TPSA) is 127 Å². The molecule has 2 fully saturated rings. The Hall–Kier alpha value is -1.89. The molecule has 31 heavy (non-hydrogen) atoms. The van der Waals surface area contributed by atoms with Crippen molar-refractivity contribution in [3.63, 3.8) is 0 Å². The number of ether oxygens (including phenoxy) is 1. The highest BCUT2D eigenvalue weighted by Gasteiger charge is 2.31. The van der Waals surface area contributed by atoms with Crippen LogP contribution in [0, 0.1) is 5.92 Å². The summed E-state index contributed by atoms with van der Waals surface area (Å²) in [5, 5.41) is 2.67. The number of pyridine rings is 1. The van der Waals surface area contributed by atoms with Crippen LogP contribution in [0.4, 0.5) is 20.3 Å². The van der Waals surface area contributed by atoms with E-state index in [9.17, 15) is 22.0 Å². The van der Waals surface area contributed by atoms with Crippen LogP contribution in [0.1, 0.15) is 32.1 Å². The van der Waals surface area contributed by atoms with Gasteiger partial charge in [-0.25, -0.2) is 26.9 Å². The third-order valence-electron chi connectivity index (χ3n) is 5.82. The van der Waals surface area contributed by atoms with Crippen LogP contribution in [-0.4, -0.2) is 64.6 Å². The fourth-order valence-corrected chi connectivity index (χ4v) is 4.96. The minimum atomic E-state index is -4.24. The van der Waals surface area contributed by atoms with Crippen LogP contribution in [0.2, 0.25) is 0 Å². The predicted molar refractivity (Wildman–Crippen MR) is 112 cm³/mol. The van der Waals surface area contributed by atoms with Gasteiger partial charge in [-0.15, -0.1) is 0 Å². The van der Waals surface area contributed by atoms with Crippen molar-refractivity contribution in [3.8, 4) is 0 Å². The quantitative estimate of drug-likeness (QED) is 0.506. The normalized spacial score (nSPS) is 19.1. The first-order valence-electron chi connectivity index (χ1n) is 10.3. The summed E-state index contributed by atoms with van der Waals surface area (Å²) in [5.41, 5.74) is 6.37. The van der Waals surface area contributed by atoms with E-state index in [-0.39, 0.29) is 34.3 Å². The van der Waals surface area contributed by atoms with Crippen molar-refractivity contribution in [2.75, 3.05) is 37.0 Å². The van der Waals surface area contributed by atoms with Gasteiger partial charge in [-0.3, -0.25) is 4.79 Å². The lowest BCUT2D eigenvalue weighted by Crippen LogP contribution is -2.48. The van der Waals surface area contributed by atoms with Crippen molar-refractivity contribution in [1.82, 2.24) is 9.71 Å². The van der Waals surface area contributed by atoms with Gasteiger partial charge in [0.1, 0.15) is 10.7 Å². The summed E-state index contributed by atoms with van der Waals surface area (Å²) >= 11 is 0. The van der Waals surface area contributed by atoms with E-state index in [4.69, 9.17) is 10.5 Å². The molecule has 2 aliphatic rings. The first-order valence-corrected chi connectivity index (χ1v) is 11.8. The summed E-state index contributed by atoms with van der Waals surface area (Å²) < 4.78 is 57.3. The van der Waals surface area contributed by atoms with Gasteiger partial charge in [-0.1, -0.05) is 19.3 Å². The number of halogens is 2. The molecule has 3 rings (SSSR count). The minimum Gasteiger partial charge on any atom is -0.377 e. The molecule has 9 nitrogen and oxygen atoms in total. The number of sulfonamides is 1. The molecule has 0 aromatic carbocycles. The Kier molecular flexibility index (Phi) is 7.78. The Morgan fingerprint density at radius 1 is 1.32 bits per heavy atom. The van der Waals surface area contributed by atoms with Crippen molar-refractivity contribution in [2.24, 2.45) is 11.7 Å². The van der Waals surface area contributed by atoms with Gasteiger partial charge < -0.3 is 20.7 Å². The number of nitrogens with zero attached hydrogens (tertiary/aromatic N) is 2. The number of hydrogen-bond acceptors (Lipinski definition) is 7. The van der Waals surface area contributed by atoms with E-state index < -0.39 is 29.0 Å². The predicted octanol–water partition coefficient (Wildman–Crippen LogP) is 1.31. The Labute approximate surface area is 180 Å². The smallest absolute Gasteiger partial charge is 0.251 e. The van der Waals surface area contributed by atoms with E-state index in [0.29, 0.717) is 13.2 Å². The maximum Gasteiger partial charge on any atom is 0.251 e. The number of aromatic nitrogens is 1. The van der Waals surface area contributed by atoms with Crippen molar-refractivity contribution in [1.29, 1.82) is 0 Å². The molecular formula is C19H29F2N5O4S. The van der Waals surface area contributed by atoms with Gasteiger partial charge in [-0.05, 0) is 18.8 Å². The zero-order chi connectivity index (χ0) is 22.6. The molecule has 1 aromatic rings. The third kappa shape index (κ3) is 5.88. The largest absolute Gasteiger partial charge is 0.377 e. The van der Waals surface area contributed by atoms with E-state index in [1.165, 1.54) is 6.07 Å². The lowest BCUT2D eigenvalue weighted by atomic mass is 9.84. The summed E-state index contributed by atoms with van der Waals surface area (Å²) in [6.45, 7) is -0.208. The van der Waals surface area contributed by atoms with Gasteiger partial charge in [0, 0.05) is 13.1 Å². The highest BCUT2D eigenvalue weighted by molar-refractivity contribution is 7.89. The Bertz CT molecular complexity index is 876. The van der Waals surface area contributed by atoms with Crippen LogP contribution in [0.5, 0.6) is 0 Å². The van der Waals surface area contributed by atoms with Crippen molar-refractivity contribution < 1.29 is 26.7 Å². The summed E-state index contributed by atoms with van der Waals surface area (Å²) in [6, 6.07) is 0.653. The second-order valence-corrected chi connectivity index (χ2v) is 9.73. The molecule has 1 saturated carbocycles. The maximum absolute atomic E-state index is 12.6. The molecular weight excluding hydrogens is 432 g/mol. The average molecular weight is 462 g/mol. The summed E-state index contributed by atoms with van der Waals surface area (Å²) in [6.07, 6.45) is 3.24. The molecule has 2 heterocycles. The summed E-state index contributed by atoms with van der Waals surface area (Å²) in [7, 11) is -2.57. The number of hydrogen-bond donors (Lipinski definition) is 3. The van der Waals surface area contributed by atoms with Crippen LogP contribution in [0.25, 0.3) is 0 Å². The molecule has 12 heteroatoms. The number of nitrogens with two attached hydrogens (primary N) is 1. The molecule has 1 amide bonds. The molecule has 0 spiro atoms. The molecule has 0 radical (unpaired) electrons. The number of anilines is 2. The zero-order valence-electron chi connectivity index (χ0n) is 17.4. The first kappa shape index (κ1) is 23.8. The molecule has 1 saturated heterocycles. The van der Waals surface area contributed by atoms with E-state index in [1.54, 1.807) is 11.9 Å². The van der Waals surface area contributed by atoms with Crippen LogP contribution in [0.15, 0.2) is 17.2 Å². The summed E-state index contributed by atoms with van der Waals surface area (Å²) in [5.74, 6) is -0.140. The molecule has 174 valence electrons. The number of alkyl halides is 2. The number of nitrogens with one attached hydrogen (secondary N) is 2. The van der Waals surface area contributed by atoms with Gasteiger partial charge in [0.25, 0.3) is 6.43 Å². The van der Waals surface area contributed by atoms with Crippen LogP contribution < -0.4 is 20.7 Å². The van der Waals surface area contributed by atoms with Crippen LogP contribution in [-0.2, 0) is 19.6 Å². The highest BCUT2D eigenvalue weighted by atomic mass is 32.2. The fraction of sp³-hybridized carbons (Fsp3) is 0.684. The number of carbonyl (C=O) groups is 1. The fourth-order valence-electron chi connectivity index (χ4n) is 3.79. The third-order valence-corrected chi connectivity index (χ3v) is 7.26. The lowest BCUT2D eigenvalue weighted by molar-refractivity contribution is -0.118. The van der Waals surface area contributed by atoms with Crippen molar-refractivity contribution >= 4 is 27.4 Å². The van der Waals surface area contributed by atoms with Crippen molar-refractivity contribution in [2.45, 2.75) is 55.5 Å². The highest BCUT2D eigenvalue weighted by Crippen LogP contribution is 2.30. The Morgan fingerprint density at radius 3 is 2.58 bits per heavy atom. The number of carbonyl (C=O) groups excluding carboxylic acids is 1. The van der Waals surface area contributed by atoms with E-state index >= 15 is 0 Å². The van der Waals surface area contributed by atoms with Crippen molar-refractivity contribution in [3.05, 3.63) is 12.3 Å². The van der Waals surface area contributed by atoms with E-state index in [2.05, 4.69) is 10.3 Å². The molecule has 0 unspecified atom stereocenters. The van der Waals surface area contributed by atoms with Gasteiger partial charge >= 0.3 is 0 Å². The lowest BCUT2D eigenvalue weighted by Gasteiger charge is -2.37. The monoisotopic (exact) mass is 461 g/mol. The molecule has 0 bridgehead atoms. The average Bonchev–Trinajstić information content (AvgIpc) is 2.71. The molecule has 1 aliphatic carbocycles. The second-order valence-electron chi connectivity index (χ2n) is 8.00. The molecule has 1 atom stereocenters. The standard InChI is InChI=1S/C19H29F2N5O4S/c1-26(13-10-30-11-13)14-7-17(23-8-15(14)31(28,29)24-9-16(20)21)25-19(27)18(22)12-5-3-2-4-6-12/h7-8,12-13,16,18,24H,2-6,9-11,22H2,1H3,(H,23,25,27)/t18-/m0/s1. The number of likely N-dealkylation sites (N-methyl/N-ethyl adjacent to an activating group) is 1. The SMILES string of the molecule is CN(c1cc(NC(=O)[C@@H](N)C2CCCCC2)ncc1S(=O)(=O)NCC(F)F)C1COC1. The van der Waals surface area contributed by atoms with Gasteiger partial charge in [-0.2, -0.15) is 0 Å². The molecule has 4 N–H and O–H groups in total. The van der Waals surface area contributed by atoms with Gasteiger partial charge in [0.15, 0.2) is 0 Å². The number of rotatable bonds is 9. The van der Waals surface area contributed by atoms with E-state index in [1.807, 2.05) is 4.72 Å². The van der Waals surface area contributed by atoms with Gasteiger partial charge in [0.2, 0.25) is 15.9 Å². The maximum atomic E-state index is 12.6. The second kappa shape index (κ2) is 10.2. The zero-order valence-corrected chi connectivity index (χ0v) is 18.2. The van der Waals surface area contributed by atoms with Crippen LogP contribution in [0.3, 0.4) is 0 Å². The minimum absolute atomic E-state index is 0.0838.